The van der Waals surface area contributed by atoms with Crippen molar-refractivity contribution < 1.29 is 23.8 Å². The van der Waals surface area contributed by atoms with Crippen LogP contribution in [-0.4, -0.2) is 56.2 Å². The molecule has 0 bridgehead atoms. The Kier molecular flexibility index (Phi) is 11.1. The second-order valence-corrected chi connectivity index (χ2v) is 13.8. The number of benzene rings is 1. The van der Waals surface area contributed by atoms with Crippen LogP contribution < -0.4 is 10.6 Å². The van der Waals surface area contributed by atoms with Gasteiger partial charge in [-0.1, -0.05) is 72.8 Å². The molecule has 13 heteroatoms. The summed E-state index contributed by atoms with van der Waals surface area (Å²) < 4.78 is 21.5. The molecule has 1 aromatic carbocycles. The summed E-state index contributed by atoms with van der Waals surface area (Å²) >= 11 is 2.42. The first-order valence-corrected chi connectivity index (χ1v) is 16.0. The first-order valence-electron chi connectivity index (χ1n) is 14.4. The first kappa shape index (κ1) is 33.8. The van der Waals surface area contributed by atoms with E-state index < -0.39 is 29.0 Å². The number of aliphatic hydroxyl groups is 1. The largest absolute Gasteiger partial charge is 0.444 e. The Morgan fingerprint density at radius 1 is 1.07 bits per heavy atom. The Balaban J connectivity index is 1.36. The molecule has 4 aromatic rings. The highest BCUT2D eigenvalue weighted by Gasteiger charge is 2.30. The fraction of sp³-hybridized carbons (Fsp3) is 0.344. The molecule has 0 aliphatic heterocycles. The summed E-state index contributed by atoms with van der Waals surface area (Å²) in [6.45, 7) is 7.65. The van der Waals surface area contributed by atoms with Crippen LogP contribution in [0.4, 0.5) is 20.1 Å². The average molecular weight is 653 g/mol. The third kappa shape index (κ3) is 9.46. The van der Waals surface area contributed by atoms with Gasteiger partial charge in [0.05, 0.1) is 28.4 Å². The van der Waals surface area contributed by atoms with Crippen molar-refractivity contribution in [3.63, 3.8) is 0 Å². The summed E-state index contributed by atoms with van der Waals surface area (Å²) in [5, 5.41) is 17.6. The highest BCUT2D eigenvalue weighted by molar-refractivity contribution is 8.01. The third-order valence-electron chi connectivity index (χ3n) is 6.46. The lowest BCUT2D eigenvalue weighted by atomic mass is 9.89. The van der Waals surface area contributed by atoms with Crippen molar-refractivity contribution in [2.24, 2.45) is 0 Å². The van der Waals surface area contributed by atoms with Gasteiger partial charge in [0.1, 0.15) is 17.0 Å². The van der Waals surface area contributed by atoms with Crippen LogP contribution in [0.3, 0.4) is 0 Å². The van der Waals surface area contributed by atoms with Crippen molar-refractivity contribution in [3.05, 3.63) is 89.8 Å². The van der Waals surface area contributed by atoms with Crippen LogP contribution in [0.2, 0.25) is 0 Å². The van der Waals surface area contributed by atoms with Crippen molar-refractivity contribution in [1.82, 2.24) is 25.2 Å². The molecule has 0 aliphatic rings. The zero-order chi connectivity index (χ0) is 32.6. The number of hydrogen-bond donors (Lipinski definition) is 3. The SMILES string of the molecule is CCCC(O)(CNC(=O)c1nccc(Sc2cnc(Nc3ccc(CN(C)C(=O)OC(C)(C)C)cn3)s2)c1F)c1ccccc1. The van der Waals surface area contributed by atoms with E-state index >= 15 is 4.39 Å². The molecule has 3 heterocycles. The van der Waals surface area contributed by atoms with E-state index in [1.54, 1.807) is 37.6 Å². The van der Waals surface area contributed by atoms with Gasteiger partial charge >= 0.3 is 6.09 Å². The van der Waals surface area contributed by atoms with Gasteiger partial charge < -0.3 is 25.4 Å². The normalized spacial score (nSPS) is 12.7. The molecular weight excluding hydrogens is 616 g/mol. The molecule has 1 atom stereocenters. The standard InChI is InChI=1S/C32H37FN6O4S2/c1-6-15-32(42,22-10-8-7-9-11-22)20-37-28(40)27-26(33)23(14-16-34-27)44-25-18-36-29(45-25)38-24-13-12-21(17-35-24)19-39(5)30(41)43-31(2,3)4/h7-14,16-18,42H,6,15,19-20H2,1-5H3,(H,37,40)(H,35,36,38). The van der Waals surface area contributed by atoms with Gasteiger partial charge in [-0.05, 0) is 50.5 Å². The molecule has 4 rings (SSSR count). The van der Waals surface area contributed by atoms with Crippen molar-refractivity contribution in [2.75, 3.05) is 18.9 Å². The van der Waals surface area contributed by atoms with Gasteiger partial charge in [0.25, 0.3) is 5.91 Å². The Morgan fingerprint density at radius 3 is 2.49 bits per heavy atom. The third-order valence-corrected chi connectivity index (χ3v) is 8.51. The molecule has 0 saturated heterocycles. The van der Waals surface area contributed by atoms with Gasteiger partial charge in [0.15, 0.2) is 16.6 Å². The monoisotopic (exact) mass is 652 g/mol. The van der Waals surface area contributed by atoms with Gasteiger partial charge in [-0.15, -0.1) is 0 Å². The number of rotatable bonds is 12. The highest BCUT2D eigenvalue weighted by Crippen LogP contribution is 2.36. The second kappa shape index (κ2) is 14.8. The lowest BCUT2D eigenvalue weighted by Gasteiger charge is -2.28. The molecule has 3 aromatic heterocycles. The summed E-state index contributed by atoms with van der Waals surface area (Å²) in [7, 11) is 1.66. The van der Waals surface area contributed by atoms with Crippen LogP contribution >= 0.6 is 23.1 Å². The Labute approximate surface area is 270 Å². The molecule has 238 valence electrons. The molecule has 0 fully saturated rings. The second-order valence-electron chi connectivity index (χ2n) is 11.4. The molecular formula is C32H37FN6O4S2. The van der Waals surface area contributed by atoms with Gasteiger partial charge in [0, 0.05) is 19.4 Å². The molecule has 10 nitrogen and oxygen atoms in total. The maximum atomic E-state index is 15.4. The van der Waals surface area contributed by atoms with Gasteiger partial charge in [0.2, 0.25) is 0 Å². The molecule has 2 amide bonds. The first-order chi connectivity index (χ1) is 21.4. The van der Waals surface area contributed by atoms with Gasteiger partial charge in [-0.3, -0.25) is 4.79 Å². The maximum absolute atomic E-state index is 15.4. The summed E-state index contributed by atoms with van der Waals surface area (Å²) in [6.07, 6.45) is 5.34. The van der Waals surface area contributed by atoms with Crippen molar-refractivity contribution in [1.29, 1.82) is 0 Å². The molecule has 0 aliphatic carbocycles. The summed E-state index contributed by atoms with van der Waals surface area (Å²) in [5.41, 5.74) is -0.709. The summed E-state index contributed by atoms with van der Waals surface area (Å²) in [4.78, 5) is 39.6. The number of thiazole rings is 1. The summed E-state index contributed by atoms with van der Waals surface area (Å²) in [5.74, 6) is -0.911. The number of amides is 2. The Morgan fingerprint density at radius 2 is 1.82 bits per heavy atom. The van der Waals surface area contributed by atoms with Crippen molar-refractivity contribution in [2.45, 2.75) is 67.4 Å². The number of nitrogens with one attached hydrogen (secondary N) is 2. The zero-order valence-electron chi connectivity index (χ0n) is 25.8. The average Bonchev–Trinajstić information content (AvgIpc) is 3.44. The maximum Gasteiger partial charge on any atom is 0.410 e. The van der Waals surface area contributed by atoms with Crippen LogP contribution in [0.15, 0.2) is 76.2 Å². The molecule has 0 radical (unpaired) electrons. The lowest BCUT2D eigenvalue weighted by Crippen LogP contribution is -2.41. The molecule has 45 heavy (non-hydrogen) atoms. The van der Waals surface area contributed by atoms with Crippen molar-refractivity contribution >= 4 is 46.0 Å². The van der Waals surface area contributed by atoms with Crippen LogP contribution in [0.25, 0.3) is 0 Å². The summed E-state index contributed by atoms with van der Waals surface area (Å²) in [6, 6.07) is 14.2. The fourth-order valence-corrected chi connectivity index (χ4v) is 6.19. The smallest absolute Gasteiger partial charge is 0.410 e. The minimum atomic E-state index is -1.29. The number of carbonyl (C=O) groups excluding carboxylic acids is 2. The van der Waals surface area contributed by atoms with Gasteiger partial charge in [-0.25, -0.2) is 24.1 Å². The number of hydrogen-bond acceptors (Lipinski definition) is 10. The van der Waals surface area contributed by atoms with Crippen LogP contribution in [0.5, 0.6) is 0 Å². The Bertz CT molecular complexity index is 1600. The van der Waals surface area contributed by atoms with Crippen molar-refractivity contribution in [3.8, 4) is 0 Å². The fourth-order valence-electron chi connectivity index (χ4n) is 4.32. The predicted octanol–water partition coefficient (Wildman–Crippen LogP) is 6.75. The number of aromatic nitrogens is 3. The molecule has 3 N–H and O–H groups in total. The van der Waals surface area contributed by atoms with E-state index in [-0.39, 0.29) is 17.1 Å². The number of ether oxygens (including phenoxy) is 1. The van der Waals surface area contributed by atoms with E-state index in [0.29, 0.717) is 40.1 Å². The topological polar surface area (TPSA) is 130 Å². The molecule has 0 spiro atoms. The number of nitrogens with zero attached hydrogens (tertiary/aromatic N) is 4. The minimum Gasteiger partial charge on any atom is -0.444 e. The number of halogens is 1. The van der Waals surface area contributed by atoms with Crippen LogP contribution in [0.1, 0.15) is 62.2 Å². The Hall–Kier alpha value is -4.07. The van der Waals surface area contributed by atoms with Gasteiger partial charge in [-0.2, -0.15) is 0 Å². The molecule has 1 unspecified atom stereocenters. The predicted molar refractivity (Wildman–Crippen MR) is 173 cm³/mol. The minimum absolute atomic E-state index is 0.0818. The van der Waals surface area contributed by atoms with E-state index in [4.69, 9.17) is 4.74 Å². The molecule has 0 saturated carbocycles. The van der Waals surface area contributed by atoms with E-state index in [2.05, 4.69) is 25.6 Å². The van der Waals surface area contributed by atoms with E-state index in [1.165, 1.54) is 28.5 Å². The highest BCUT2D eigenvalue weighted by atomic mass is 32.2. The van der Waals surface area contributed by atoms with Crippen LogP contribution in [-0.2, 0) is 16.9 Å². The number of carbonyl (C=O) groups is 2. The van der Waals surface area contributed by atoms with E-state index in [9.17, 15) is 14.7 Å². The number of pyridine rings is 2. The van der Waals surface area contributed by atoms with E-state index in [1.807, 2.05) is 52.0 Å². The number of anilines is 2. The van der Waals surface area contributed by atoms with Crippen LogP contribution in [0, 0.1) is 5.82 Å². The van der Waals surface area contributed by atoms with E-state index in [0.717, 1.165) is 17.3 Å². The lowest BCUT2D eigenvalue weighted by molar-refractivity contribution is 0.0259. The zero-order valence-corrected chi connectivity index (χ0v) is 27.5. The quantitative estimate of drug-likeness (QED) is 0.152.